The van der Waals surface area contributed by atoms with Gasteiger partial charge in [0, 0.05) is 42.8 Å². The Bertz CT molecular complexity index is 1260. The van der Waals surface area contributed by atoms with Crippen molar-refractivity contribution in [2.24, 2.45) is 5.73 Å². The number of methoxy groups -OCH3 is 1. The van der Waals surface area contributed by atoms with Gasteiger partial charge in [0.05, 0.1) is 13.2 Å². The maximum Gasteiger partial charge on any atom is 0.253 e. The molecule has 0 fully saturated rings. The molecule has 8 nitrogen and oxygen atoms in total. The van der Waals surface area contributed by atoms with Gasteiger partial charge in [0.15, 0.2) is 0 Å². The van der Waals surface area contributed by atoms with Crippen molar-refractivity contribution in [3.63, 3.8) is 0 Å². The van der Waals surface area contributed by atoms with Crippen LogP contribution < -0.4 is 5.73 Å². The molecule has 176 valence electrons. The van der Waals surface area contributed by atoms with Crippen LogP contribution in [-0.4, -0.2) is 46.8 Å². The molecule has 2 heterocycles. The van der Waals surface area contributed by atoms with Gasteiger partial charge in [0.2, 0.25) is 11.8 Å². The van der Waals surface area contributed by atoms with E-state index >= 15 is 0 Å². The summed E-state index contributed by atoms with van der Waals surface area (Å²) >= 11 is 1.54. The normalized spacial score (nSPS) is 12.9. The summed E-state index contributed by atoms with van der Waals surface area (Å²) in [5.74, 6) is 0.453. The zero-order valence-electron chi connectivity index (χ0n) is 19.4. The van der Waals surface area contributed by atoms with E-state index in [1.807, 2.05) is 48.7 Å². The van der Waals surface area contributed by atoms with E-state index in [0.29, 0.717) is 30.0 Å². The Hall–Kier alpha value is -3.40. The van der Waals surface area contributed by atoms with Crippen molar-refractivity contribution in [3.05, 3.63) is 87.7 Å². The molecule has 0 bridgehead atoms. The van der Waals surface area contributed by atoms with E-state index in [0.717, 1.165) is 16.3 Å². The van der Waals surface area contributed by atoms with Crippen LogP contribution in [0.3, 0.4) is 0 Å². The molecule has 0 radical (unpaired) electrons. The summed E-state index contributed by atoms with van der Waals surface area (Å²) in [5.41, 5.74) is 8.82. The molecule has 1 amide bonds. The third kappa shape index (κ3) is 5.39. The van der Waals surface area contributed by atoms with Crippen molar-refractivity contribution >= 4 is 17.2 Å². The molecule has 9 heteroatoms. The lowest BCUT2D eigenvalue weighted by atomic mass is 9.92. The van der Waals surface area contributed by atoms with Crippen molar-refractivity contribution in [3.8, 4) is 11.5 Å². The molecule has 34 heavy (non-hydrogen) atoms. The maximum atomic E-state index is 13.0. The van der Waals surface area contributed by atoms with Gasteiger partial charge in [0.25, 0.3) is 5.91 Å². The number of hydrogen-bond acceptors (Lipinski definition) is 8. The van der Waals surface area contributed by atoms with E-state index in [2.05, 4.69) is 15.2 Å². The number of hydrogen-bond donors (Lipinski definition) is 1. The van der Waals surface area contributed by atoms with Crippen LogP contribution >= 0.6 is 11.3 Å². The minimum atomic E-state index is -0.985. The Morgan fingerprint density at radius 1 is 1.18 bits per heavy atom. The monoisotopic (exact) mass is 477 g/mol. The molecule has 0 saturated heterocycles. The van der Waals surface area contributed by atoms with Crippen LogP contribution in [0, 0.1) is 6.92 Å². The molecule has 4 rings (SSSR count). The van der Waals surface area contributed by atoms with Gasteiger partial charge in [0.1, 0.15) is 10.5 Å². The first kappa shape index (κ1) is 23.7. The zero-order chi connectivity index (χ0) is 24.1. The van der Waals surface area contributed by atoms with Crippen LogP contribution in [-0.2, 0) is 23.2 Å². The van der Waals surface area contributed by atoms with Gasteiger partial charge in [-0.15, -0.1) is 21.5 Å². The highest BCUT2D eigenvalue weighted by Gasteiger charge is 2.34. The Morgan fingerprint density at radius 3 is 2.68 bits per heavy atom. The lowest BCUT2D eigenvalue weighted by Crippen LogP contribution is -2.43. The molecule has 2 N–H and O–H groups in total. The van der Waals surface area contributed by atoms with Gasteiger partial charge in [-0.3, -0.25) is 4.79 Å². The third-order valence-corrected chi connectivity index (χ3v) is 6.31. The minimum absolute atomic E-state index is 0.119. The number of carbonyl (C=O) groups excluding carboxylic acids is 1. The first-order chi connectivity index (χ1) is 16.4. The highest BCUT2D eigenvalue weighted by Crippen LogP contribution is 2.27. The number of aryl methyl sites for hydroxylation is 1. The van der Waals surface area contributed by atoms with Gasteiger partial charge >= 0.3 is 0 Å². The van der Waals surface area contributed by atoms with Crippen molar-refractivity contribution in [1.29, 1.82) is 0 Å². The smallest absolute Gasteiger partial charge is 0.253 e. The summed E-state index contributed by atoms with van der Waals surface area (Å²) in [7, 11) is 3.34. The van der Waals surface area contributed by atoms with Gasteiger partial charge in [-0.2, -0.15) is 0 Å². The molecule has 0 aliphatic heterocycles. The topological polar surface area (TPSA) is 107 Å². The van der Waals surface area contributed by atoms with E-state index in [9.17, 15) is 4.79 Å². The quantitative estimate of drug-likeness (QED) is 0.390. The van der Waals surface area contributed by atoms with Gasteiger partial charge in [-0.1, -0.05) is 36.4 Å². The fourth-order valence-corrected chi connectivity index (χ4v) is 4.53. The third-order valence-electron chi connectivity index (χ3n) is 5.36. The largest absolute Gasteiger partial charge is 0.419 e. The standard InChI is InChI=1S/C25H27N5O3S/c1-17-15-34-21(27-17)14-30(2)23(31)20-11-7-10-19(12-20)22-28-29-24(33-22)25(26,16-32-3)13-18-8-5-4-6-9-18/h4-12,15H,13-14,16,26H2,1-3H3. The van der Waals surface area contributed by atoms with Crippen molar-refractivity contribution < 1.29 is 13.9 Å². The van der Waals surface area contributed by atoms with E-state index in [1.54, 1.807) is 37.3 Å². The average Bonchev–Trinajstić information content (AvgIpc) is 3.49. The van der Waals surface area contributed by atoms with Crippen molar-refractivity contribution in [1.82, 2.24) is 20.1 Å². The number of nitrogens with zero attached hydrogens (tertiary/aromatic N) is 4. The van der Waals surface area contributed by atoms with Gasteiger partial charge in [-0.05, 0) is 30.7 Å². The maximum absolute atomic E-state index is 13.0. The fourth-order valence-electron chi connectivity index (χ4n) is 3.70. The number of nitrogens with two attached hydrogens (primary N) is 1. The Kier molecular flexibility index (Phi) is 7.16. The molecule has 1 unspecified atom stereocenters. The highest BCUT2D eigenvalue weighted by atomic mass is 32.1. The summed E-state index contributed by atoms with van der Waals surface area (Å²) in [6, 6.07) is 17.0. The number of benzene rings is 2. The lowest BCUT2D eigenvalue weighted by Gasteiger charge is -2.24. The SMILES string of the molecule is COCC(N)(Cc1ccccc1)c1nnc(-c2cccc(C(=O)N(C)Cc3nc(C)cs3)c2)o1. The summed E-state index contributed by atoms with van der Waals surface area (Å²) in [5, 5.41) is 11.3. The van der Waals surface area contributed by atoms with E-state index in [1.165, 1.54) is 11.3 Å². The minimum Gasteiger partial charge on any atom is -0.419 e. The first-order valence-corrected chi connectivity index (χ1v) is 11.7. The molecule has 0 aliphatic carbocycles. The predicted octanol–water partition coefficient (Wildman–Crippen LogP) is 3.82. The first-order valence-electron chi connectivity index (χ1n) is 10.8. The zero-order valence-corrected chi connectivity index (χ0v) is 20.2. The second-order valence-electron chi connectivity index (χ2n) is 8.29. The fraction of sp³-hybridized carbons (Fsp3) is 0.280. The van der Waals surface area contributed by atoms with E-state index < -0.39 is 5.54 Å². The molecule has 4 aromatic rings. The van der Waals surface area contributed by atoms with Gasteiger partial charge in [-0.25, -0.2) is 4.98 Å². The molecular formula is C25H27N5O3S. The van der Waals surface area contributed by atoms with Gasteiger partial charge < -0.3 is 19.8 Å². The van der Waals surface area contributed by atoms with E-state index in [4.69, 9.17) is 14.9 Å². The van der Waals surface area contributed by atoms with Crippen LogP contribution in [0.5, 0.6) is 0 Å². The highest BCUT2D eigenvalue weighted by molar-refractivity contribution is 7.09. The molecule has 1 atom stereocenters. The molecule has 2 aromatic heterocycles. The second-order valence-corrected chi connectivity index (χ2v) is 9.23. The predicted molar refractivity (Wildman–Crippen MR) is 130 cm³/mol. The van der Waals surface area contributed by atoms with Crippen LogP contribution in [0.1, 0.15) is 32.5 Å². The average molecular weight is 478 g/mol. The number of aromatic nitrogens is 3. The molecule has 0 saturated carbocycles. The van der Waals surface area contributed by atoms with Crippen LogP contribution in [0.25, 0.3) is 11.5 Å². The molecule has 2 aromatic carbocycles. The second kappa shape index (κ2) is 10.3. The van der Waals surface area contributed by atoms with Crippen LogP contribution in [0.4, 0.5) is 0 Å². The Balaban J connectivity index is 1.54. The molecule has 0 aliphatic rings. The van der Waals surface area contributed by atoms with Crippen LogP contribution in [0.2, 0.25) is 0 Å². The van der Waals surface area contributed by atoms with Crippen molar-refractivity contribution in [2.75, 3.05) is 20.8 Å². The summed E-state index contributed by atoms with van der Waals surface area (Å²) in [6.07, 6.45) is 0.475. The molecule has 0 spiro atoms. The Morgan fingerprint density at radius 2 is 1.97 bits per heavy atom. The number of thiazole rings is 1. The number of carbonyl (C=O) groups is 1. The summed E-state index contributed by atoms with van der Waals surface area (Å²) in [6.45, 7) is 2.59. The summed E-state index contributed by atoms with van der Waals surface area (Å²) in [4.78, 5) is 19.1. The van der Waals surface area contributed by atoms with Crippen LogP contribution in [0.15, 0.2) is 64.4 Å². The van der Waals surface area contributed by atoms with E-state index in [-0.39, 0.29) is 18.4 Å². The Labute approximate surface area is 202 Å². The van der Waals surface area contributed by atoms with Crippen molar-refractivity contribution in [2.45, 2.75) is 25.4 Å². The summed E-state index contributed by atoms with van der Waals surface area (Å²) < 4.78 is 11.4. The number of rotatable bonds is 9. The molecular weight excluding hydrogens is 450 g/mol. The number of ether oxygens (including phenoxy) is 1. The lowest BCUT2D eigenvalue weighted by molar-refractivity contribution is 0.0785. The number of amides is 1.